The number of nitrogens with zero attached hydrogens (tertiary/aromatic N) is 2. The summed E-state index contributed by atoms with van der Waals surface area (Å²) in [7, 11) is 3.66. The first-order chi connectivity index (χ1) is 14.2. The monoisotopic (exact) mass is 437 g/mol. The third-order valence-corrected chi connectivity index (χ3v) is 6.44. The van der Waals surface area contributed by atoms with Gasteiger partial charge < -0.3 is 15.3 Å². The van der Waals surface area contributed by atoms with Gasteiger partial charge in [-0.05, 0) is 44.1 Å². The van der Waals surface area contributed by atoms with Gasteiger partial charge in [0, 0.05) is 19.2 Å². The lowest BCUT2D eigenvalue weighted by Gasteiger charge is -2.40. The van der Waals surface area contributed by atoms with E-state index in [0.717, 1.165) is 25.8 Å². The maximum atomic E-state index is 13.5. The van der Waals surface area contributed by atoms with E-state index in [1.165, 1.54) is 6.92 Å². The first kappa shape index (κ1) is 27.1. The highest BCUT2D eigenvalue weighted by Gasteiger charge is 2.39. The van der Waals surface area contributed by atoms with Crippen molar-refractivity contribution in [2.75, 3.05) is 20.6 Å². The van der Waals surface area contributed by atoms with Crippen molar-refractivity contribution in [2.24, 2.45) is 17.3 Å². The Morgan fingerprint density at radius 3 is 2.23 bits per heavy atom. The van der Waals surface area contributed by atoms with Gasteiger partial charge in [-0.15, -0.1) is 0 Å². The van der Waals surface area contributed by atoms with Crippen molar-refractivity contribution >= 4 is 17.8 Å². The van der Waals surface area contributed by atoms with Crippen molar-refractivity contribution in [2.45, 2.75) is 85.9 Å². The minimum Gasteiger partial charge on any atom is -0.478 e. The average molecular weight is 438 g/mol. The number of aliphatic carboxylic acids is 1. The lowest BCUT2D eigenvalue weighted by Crippen LogP contribution is -2.60. The highest BCUT2D eigenvalue weighted by molar-refractivity contribution is 5.91. The smallest absolute Gasteiger partial charge is 0.331 e. The Morgan fingerprint density at radius 1 is 1.23 bits per heavy atom. The number of hydrogen-bond acceptors (Lipinski definition) is 4. The molecular formula is C24H43N3O4. The molecule has 0 spiro atoms. The molecule has 2 amide bonds. The van der Waals surface area contributed by atoms with E-state index >= 15 is 0 Å². The van der Waals surface area contributed by atoms with E-state index in [9.17, 15) is 19.5 Å². The molecule has 178 valence electrons. The Hall–Kier alpha value is -1.89. The molecule has 1 aliphatic rings. The minimum absolute atomic E-state index is 0.0232. The largest absolute Gasteiger partial charge is 0.478 e. The first-order valence-electron chi connectivity index (χ1n) is 11.4. The Morgan fingerprint density at radius 2 is 1.81 bits per heavy atom. The Bertz CT molecular complexity index is 681. The van der Waals surface area contributed by atoms with E-state index in [1.807, 2.05) is 41.7 Å². The Labute approximate surface area is 188 Å². The quantitative estimate of drug-likeness (QED) is 0.570. The van der Waals surface area contributed by atoms with Crippen molar-refractivity contribution < 1.29 is 19.5 Å². The standard InChI is InChI=1S/C24H43N3O4/c1-10-17-11-12-18(26(8)14-17)21(28)25-20(24(5,6)7)22(29)27(9)19(15(2)3)13-16(4)23(30)31/h13,15,17-20H,10-12,14H2,1-9H3,(H,25,28)(H,30,31)/t17-,18?,19-,20-/m1/s1. The first-order valence-corrected chi connectivity index (χ1v) is 11.4. The number of hydrogen-bond donors (Lipinski definition) is 2. The van der Waals surface area contributed by atoms with Gasteiger partial charge in [0.05, 0.1) is 12.1 Å². The fraction of sp³-hybridized carbons (Fsp3) is 0.792. The Balaban J connectivity index is 3.08. The number of amides is 2. The van der Waals surface area contributed by atoms with Crippen LogP contribution in [0.5, 0.6) is 0 Å². The zero-order chi connectivity index (χ0) is 24.1. The van der Waals surface area contributed by atoms with Gasteiger partial charge >= 0.3 is 5.97 Å². The van der Waals surface area contributed by atoms with E-state index in [1.54, 1.807) is 18.0 Å². The number of likely N-dealkylation sites (tertiary alicyclic amines) is 1. The number of carboxylic acid groups (broad SMARTS) is 1. The second-order valence-electron chi connectivity index (χ2n) is 10.5. The summed E-state index contributed by atoms with van der Waals surface area (Å²) in [5.74, 6) is -0.694. The normalized spacial score (nSPS) is 22.7. The predicted molar refractivity (Wildman–Crippen MR) is 124 cm³/mol. The van der Waals surface area contributed by atoms with Crippen LogP contribution in [0, 0.1) is 17.3 Å². The van der Waals surface area contributed by atoms with Gasteiger partial charge in [0.1, 0.15) is 6.04 Å². The van der Waals surface area contributed by atoms with E-state index in [2.05, 4.69) is 17.1 Å². The van der Waals surface area contributed by atoms with Crippen LogP contribution in [0.3, 0.4) is 0 Å². The molecule has 0 aromatic heterocycles. The maximum Gasteiger partial charge on any atom is 0.331 e. The third-order valence-electron chi connectivity index (χ3n) is 6.44. The van der Waals surface area contributed by atoms with Crippen LogP contribution in [-0.2, 0) is 14.4 Å². The SMILES string of the molecule is CC[C@@H]1CCC(C(=O)N[C@H](C(=O)N(C)[C@H](C=C(C)C(=O)O)C(C)C)C(C)(C)C)N(C)C1. The Kier molecular flexibility index (Phi) is 9.73. The lowest BCUT2D eigenvalue weighted by molar-refractivity contribution is -0.141. The van der Waals surface area contributed by atoms with Gasteiger partial charge in [-0.3, -0.25) is 14.5 Å². The van der Waals surface area contributed by atoms with Crippen LogP contribution in [-0.4, -0.2) is 71.5 Å². The van der Waals surface area contributed by atoms with Crippen LogP contribution in [0.4, 0.5) is 0 Å². The molecule has 0 bridgehead atoms. The molecule has 1 heterocycles. The van der Waals surface area contributed by atoms with E-state index < -0.39 is 17.4 Å². The van der Waals surface area contributed by atoms with Gasteiger partial charge in [0.15, 0.2) is 0 Å². The molecule has 1 rings (SSSR count). The number of carbonyl (C=O) groups is 3. The summed E-state index contributed by atoms with van der Waals surface area (Å²) in [5, 5.41) is 12.3. The van der Waals surface area contributed by atoms with Gasteiger partial charge in [0.2, 0.25) is 11.8 Å². The molecular weight excluding hydrogens is 394 g/mol. The zero-order valence-corrected chi connectivity index (χ0v) is 20.9. The maximum absolute atomic E-state index is 13.5. The summed E-state index contributed by atoms with van der Waals surface area (Å²) >= 11 is 0. The van der Waals surface area contributed by atoms with Crippen LogP contribution in [0.2, 0.25) is 0 Å². The van der Waals surface area contributed by atoms with Crippen LogP contribution in [0.1, 0.15) is 67.7 Å². The van der Waals surface area contributed by atoms with Crippen molar-refractivity contribution in [3.63, 3.8) is 0 Å². The molecule has 7 nitrogen and oxygen atoms in total. The summed E-state index contributed by atoms with van der Waals surface area (Å²) < 4.78 is 0. The number of rotatable bonds is 8. The molecule has 4 atom stereocenters. The summed E-state index contributed by atoms with van der Waals surface area (Å²) in [5.41, 5.74) is -0.295. The van der Waals surface area contributed by atoms with Crippen LogP contribution in [0.15, 0.2) is 11.6 Å². The van der Waals surface area contributed by atoms with Gasteiger partial charge in [-0.1, -0.05) is 54.0 Å². The number of nitrogens with one attached hydrogen (secondary N) is 1. The average Bonchev–Trinajstić information content (AvgIpc) is 2.67. The van der Waals surface area contributed by atoms with Crippen molar-refractivity contribution in [1.82, 2.24) is 15.1 Å². The fourth-order valence-electron chi connectivity index (χ4n) is 4.22. The number of carbonyl (C=O) groups excluding carboxylic acids is 2. The van der Waals surface area contributed by atoms with Crippen molar-refractivity contribution in [1.29, 1.82) is 0 Å². The minimum atomic E-state index is -1.00. The van der Waals surface area contributed by atoms with Gasteiger partial charge in [-0.25, -0.2) is 4.79 Å². The molecule has 7 heteroatoms. The van der Waals surface area contributed by atoms with Crippen LogP contribution < -0.4 is 5.32 Å². The lowest BCUT2D eigenvalue weighted by atomic mass is 9.84. The molecule has 1 aliphatic heterocycles. The molecule has 31 heavy (non-hydrogen) atoms. The van der Waals surface area contributed by atoms with E-state index in [0.29, 0.717) is 5.92 Å². The van der Waals surface area contributed by atoms with Gasteiger partial charge in [0.25, 0.3) is 0 Å². The van der Waals surface area contributed by atoms with Crippen molar-refractivity contribution in [3.8, 4) is 0 Å². The van der Waals surface area contributed by atoms with Crippen LogP contribution in [0.25, 0.3) is 0 Å². The second-order valence-corrected chi connectivity index (χ2v) is 10.5. The number of piperidine rings is 1. The zero-order valence-electron chi connectivity index (χ0n) is 20.9. The summed E-state index contributed by atoms with van der Waals surface area (Å²) in [4.78, 5) is 41.6. The molecule has 1 unspecified atom stereocenters. The topological polar surface area (TPSA) is 90.0 Å². The third kappa shape index (κ3) is 7.34. The summed E-state index contributed by atoms with van der Waals surface area (Å²) in [6, 6.07) is -1.32. The molecule has 0 aliphatic carbocycles. The van der Waals surface area contributed by atoms with E-state index in [-0.39, 0.29) is 35.4 Å². The molecule has 0 saturated carbocycles. The fourth-order valence-corrected chi connectivity index (χ4v) is 4.22. The molecule has 0 radical (unpaired) electrons. The van der Waals surface area contributed by atoms with E-state index in [4.69, 9.17) is 0 Å². The number of carboxylic acids is 1. The molecule has 0 aromatic rings. The highest BCUT2D eigenvalue weighted by atomic mass is 16.4. The summed E-state index contributed by atoms with van der Waals surface area (Å²) in [6.45, 7) is 14.3. The molecule has 1 fully saturated rings. The highest BCUT2D eigenvalue weighted by Crippen LogP contribution is 2.26. The van der Waals surface area contributed by atoms with Gasteiger partial charge in [-0.2, -0.15) is 0 Å². The van der Waals surface area contributed by atoms with Crippen LogP contribution >= 0.6 is 0 Å². The number of likely N-dealkylation sites (N-methyl/N-ethyl adjacent to an activating group) is 2. The van der Waals surface area contributed by atoms with Crippen molar-refractivity contribution in [3.05, 3.63) is 11.6 Å². The molecule has 1 saturated heterocycles. The second kappa shape index (κ2) is 11.1. The summed E-state index contributed by atoms with van der Waals surface area (Å²) in [6.07, 6.45) is 4.53. The predicted octanol–water partition coefficient (Wildman–Crippen LogP) is 3.15. The molecule has 2 N–H and O–H groups in total. The molecule has 0 aromatic carbocycles.